The van der Waals surface area contributed by atoms with Crippen LogP contribution in [-0.2, 0) is 6.54 Å². The van der Waals surface area contributed by atoms with E-state index in [9.17, 15) is 0 Å². The number of aromatic amines is 1. The SMILES string of the molecule is Nc1ccc2c(CN3CCCCCC3)c[nH]c2c1. The van der Waals surface area contributed by atoms with E-state index in [4.69, 9.17) is 5.73 Å². The summed E-state index contributed by atoms with van der Waals surface area (Å²) in [5, 5.41) is 1.31. The maximum Gasteiger partial charge on any atom is 0.0477 e. The molecule has 3 heteroatoms. The molecule has 0 unspecified atom stereocenters. The minimum Gasteiger partial charge on any atom is -0.399 e. The van der Waals surface area contributed by atoms with E-state index in [0.717, 1.165) is 17.7 Å². The smallest absolute Gasteiger partial charge is 0.0477 e. The quantitative estimate of drug-likeness (QED) is 0.796. The van der Waals surface area contributed by atoms with E-state index in [1.54, 1.807) is 0 Å². The van der Waals surface area contributed by atoms with Crippen LogP contribution >= 0.6 is 0 Å². The molecule has 1 aromatic carbocycles. The minimum atomic E-state index is 0.825. The van der Waals surface area contributed by atoms with Crippen molar-refractivity contribution < 1.29 is 0 Å². The van der Waals surface area contributed by atoms with Crippen molar-refractivity contribution >= 4 is 16.6 Å². The topological polar surface area (TPSA) is 45.0 Å². The zero-order valence-corrected chi connectivity index (χ0v) is 10.8. The van der Waals surface area contributed by atoms with Crippen molar-refractivity contribution in [1.29, 1.82) is 0 Å². The number of benzene rings is 1. The predicted molar refractivity (Wildman–Crippen MR) is 76.5 cm³/mol. The Hall–Kier alpha value is -1.48. The van der Waals surface area contributed by atoms with Gasteiger partial charge >= 0.3 is 0 Å². The number of nitrogens with zero attached hydrogens (tertiary/aromatic N) is 1. The third-order valence-electron chi connectivity index (χ3n) is 3.88. The number of hydrogen-bond acceptors (Lipinski definition) is 2. The fraction of sp³-hybridized carbons (Fsp3) is 0.467. The van der Waals surface area contributed by atoms with Gasteiger partial charge in [0.25, 0.3) is 0 Å². The van der Waals surface area contributed by atoms with E-state index in [1.807, 2.05) is 12.1 Å². The Bertz CT molecular complexity index is 522. The van der Waals surface area contributed by atoms with Gasteiger partial charge in [0.05, 0.1) is 0 Å². The van der Waals surface area contributed by atoms with Gasteiger partial charge in [0.2, 0.25) is 0 Å². The third kappa shape index (κ3) is 2.36. The molecule has 0 bridgehead atoms. The van der Waals surface area contributed by atoms with Crippen molar-refractivity contribution in [1.82, 2.24) is 9.88 Å². The normalized spacial score (nSPS) is 18.0. The van der Waals surface area contributed by atoms with Crippen molar-refractivity contribution in [3.05, 3.63) is 30.0 Å². The molecule has 1 aliphatic heterocycles. The molecule has 0 spiro atoms. The first-order valence-electron chi connectivity index (χ1n) is 6.91. The molecule has 0 radical (unpaired) electrons. The summed E-state index contributed by atoms with van der Waals surface area (Å²) in [5.74, 6) is 0. The van der Waals surface area contributed by atoms with Gasteiger partial charge in [0, 0.05) is 29.3 Å². The molecule has 1 aromatic heterocycles. The van der Waals surface area contributed by atoms with Crippen LogP contribution in [-0.4, -0.2) is 23.0 Å². The molecule has 3 rings (SSSR count). The molecule has 2 heterocycles. The van der Waals surface area contributed by atoms with E-state index >= 15 is 0 Å². The number of nitrogens with one attached hydrogen (secondary N) is 1. The van der Waals surface area contributed by atoms with E-state index in [1.165, 1.54) is 49.7 Å². The highest BCUT2D eigenvalue weighted by Crippen LogP contribution is 2.23. The first-order valence-corrected chi connectivity index (χ1v) is 6.91. The molecule has 1 aliphatic rings. The van der Waals surface area contributed by atoms with Crippen LogP contribution in [0.15, 0.2) is 24.4 Å². The van der Waals surface area contributed by atoms with Gasteiger partial charge in [0.1, 0.15) is 0 Å². The average Bonchev–Trinajstić information content (AvgIpc) is 2.59. The molecule has 3 N–H and O–H groups in total. The number of nitrogens with two attached hydrogens (primary N) is 1. The maximum atomic E-state index is 5.81. The highest BCUT2D eigenvalue weighted by molar-refractivity contribution is 5.85. The van der Waals surface area contributed by atoms with E-state index < -0.39 is 0 Å². The number of nitrogen functional groups attached to an aromatic ring is 1. The summed E-state index contributed by atoms with van der Waals surface area (Å²) in [7, 11) is 0. The number of fused-ring (bicyclic) bond motifs is 1. The highest BCUT2D eigenvalue weighted by atomic mass is 15.1. The van der Waals surface area contributed by atoms with Crippen molar-refractivity contribution in [3.63, 3.8) is 0 Å². The lowest BCUT2D eigenvalue weighted by atomic mass is 10.1. The summed E-state index contributed by atoms with van der Waals surface area (Å²) in [6, 6.07) is 6.14. The van der Waals surface area contributed by atoms with E-state index in [2.05, 4.69) is 22.1 Å². The van der Waals surface area contributed by atoms with Crippen molar-refractivity contribution in [2.24, 2.45) is 0 Å². The van der Waals surface area contributed by atoms with Crippen LogP contribution in [0, 0.1) is 0 Å². The number of H-pyrrole nitrogens is 1. The fourth-order valence-corrected chi connectivity index (χ4v) is 2.87. The first-order chi connectivity index (χ1) is 8.83. The number of rotatable bonds is 2. The molecular formula is C15H21N3. The lowest BCUT2D eigenvalue weighted by molar-refractivity contribution is 0.278. The van der Waals surface area contributed by atoms with E-state index in [-0.39, 0.29) is 0 Å². The molecule has 3 nitrogen and oxygen atoms in total. The van der Waals surface area contributed by atoms with Crippen LogP contribution in [0.4, 0.5) is 5.69 Å². The van der Waals surface area contributed by atoms with Crippen molar-refractivity contribution in [2.75, 3.05) is 18.8 Å². The summed E-state index contributed by atoms with van der Waals surface area (Å²) in [6.45, 7) is 3.53. The molecule has 1 fully saturated rings. The number of anilines is 1. The molecule has 1 saturated heterocycles. The fourth-order valence-electron chi connectivity index (χ4n) is 2.87. The van der Waals surface area contributed by atoms with Gasteiger partial charge in [-0.3, -0.25) is 4.90 Å². The predicted octanol–water partition coefficient (Wildman–Crippen LogP) is 3.13. The van der Waals surface area contributed by atoms with Gasteiger partial charge in [0.15, 0.2) is 0 Å². The molecule has 2 aromatic rings. The average molecular weight is 243 g/mol. The zero-order chi connectivity index (χ0) is 12.4. The van der Waals surface area contributed by atoms with Gasteiger partial charge < -0.3 is 10.7 Å². The lowest BCUT2D eigenvalue weighted by Gasteiger charge is -2.19. The van der Waals surface area contributed by atoms with Gasteiger partial charge in [-0.05, 0) is 43.6 Å². The van der Waals surface area contributed by atoms with Crippen LogP contribution in [0.5, 0.6) is 0 Å². The van der Waals surface area contributed by atoms with Gasteiger partial charge in [-0.2, -0.15) is 0 Å². The Morgan fingerprint density at radius 2 is 1.89 bits per heavy atom. The monoisotopic (exact) mass is 243 g/mol. The molecule has 0 amide bonds. The van der Waals surface area contributed by atoms with Crippen LogP contribution in [0.25, 0.3) is 10.9 Å². The zero-order valence-electron chi connectivity index (χ0n) is 10.8. The summed E-state index contributed by atoms with van der Waals surface area (Å²) in [6.07, 6.45) is 7.60. The Balaban J connectivity index is 1.81. The molecule has 18 heavy (non-hydrogen) atoms. The molecule has 96 valence electrons. The first kappa shape index (κ1) is 11.6. The van der Waals surface area contributed by atoms with Crippen LogP contribution in [0.1, 0.15) is 31.2 Å². The molecule has 0 saturated carbocycles. The van der Waals surface area contributed by atoms with Crippen LogP contribution in [0.2, 0.25) is 0 Å². The maximum absolute atomic E-state index is 5.81. The number of likely N-dealkylation sites (tertiary alicyclic amines) is 1. The second-order valence-corrected chi connectivity index (χ2v) is 5.31. The largest absolute Gasteiger partial charge is 0.399 e. The second-order valence-electron chi connectivity index (χ2n) is 5.31. The molecule has 0 atom stereocenters. The Morgan fingerprint density at radius 1 is 1.11 bits per heavy atom. The van der Waals surface area contributed by atoms with Gasteiger partial charge in [-0.15, -0.1) is 0 Å². The Morgan fingerprint density at radius 3 is 2.67 bits per heavy atom. The van der Waals surface area contributed by atoms with Crippen molar-refractivity contribution in [3.8, 4) is 0 Å². The molecular weight excluding hydrogens is 222 g/mol. The van der Waals surface area contributed by atoms with Crippen LogP contribution in [0.3, 0.4) is 0 Å². The standard InChI is InChI=1S/C15H21N3/c16-13-5-6-14-12(10-17-15(14)9-13)11-18-7-3-1-2-4-8-18/h5-6,9-10,17H,1-4,7-8,11,16H2. The van der Waals surface area contributed by atoms with Crippen LogP contribution < -0.4 is 5.73 Å². The molecule has 0 aliphatic carbocycles. The third-order valence-corrected chi connectivity index (χ3v) is 3.88. The summed E-state index contributed by atoms with van der Waals surface area (Å²) >= 11 is 0. The summed E-state index contributed by atoms with van der Waals surface area (Å²) in [4.78, 5) is 5.90. The number of hydrogen-bond donors (Lipinski definition) is 2. The lowest BCUT2D eigenvalue weighted by Crippen LogP contribution is -2.23. The van der Waals surface area contributed by atoms with E-state index in [0.29, 0.717) is 0 Å². The number of aromatic nitrogens is 1. The minimum absolute atomic E-state index is 0.825. The second kappa shape index (κ2) is 5.02. The van der Waals surface area contributed by atoms with Gasteiger partial charge in [-0.1, -0.05) is 18.9 Å². The Kier molecular flexibility index (Phi) is 3.24. The van der Waals surface area contributed by atoms with Gasteiger partial charge in [-0.25, -0.2) is 0 Å². The van der Waals surface area contributed by atoms with Crippen molar-refractivity contribution in [2.45, 2.75) is 32.2 Å². The summed E-state index contributed by atoms with van der Waals surface area (Å²) in [5.41, 5.74) is 9.18. The highest BCUT2D eigenvalue weighted by Gasteiger charge is 2.12. The summed E-state index contributed by atoms with van der Waals surface area (Å²) < 4.78 is 0. The Labute approximate surface area is 108 Å².